The van der Waals surface area contributed by atoms with Gasteiger partial charge >= 0.3 is 6.03 Å². The Morgan fingerprint density at radius 3 is 2.65 bits per heavy atom. The van der Waals surface area contributed by atoms with Crippen molar-refractivity contribution in [3.05, 3.63) is 70.6 Å². The molecule has 3 amide bonds. The van der Waals surface area contributed by atoms with Crippen LogP contribution in [0.25, 0.3) is 10.2 Å². The molecule has 8 nitrogen and oxygen atoms in total. The summed E-state index contributed by atoms with van der Waals surface area (Å²) < 4.78 is 13.8. The molecule has 4 aromatic rings. The van der Waals surface area contributed by atoms with E-state index in [9.17, 15) is 14.0 Å². The number of nitrogens with one attached hydrogen (secondary N) is 2. The number of benzene rings is 2. The Kier molecular flexibility index (Phi) is 5.46. The fourth-order valence-corrected chi connectivity index (χ4v) is 4.87. The van der Waals surface area contributed by atoms with E-state index in [-0.39, 0.29) is 11.7 Å². The molecule has 0 fully saturated rings. The summed E-state index contributed by atoms with van der Waals surface area (Å²) in [6.45, 7) is 2.42. The Morgan fingerprint density at radius 2 is 1.94 bits per heavy atom. The van der Waals surface area contributed by atoms with Crippen molar-refractivity contribution in [3.63, 3.8) is 0 Å². The lowest BCUT2D eigenvalue weighted by atomic mass is 10.1. The molecular formula is C24H21FN6O2S. The van der Waals surface area contributed by atoms with E-state index in [2.05, 4.69) is 25.5 Å². The maximum Gasteiger partial charge on any atom is 0.332 e. The van der Waals surface area contributed by atoms with Crippen molar-refractivity contribution < 1.29 is 14.0 Å². The second kappa shape index (κ2) is 8.47. The smallest absolute Gasteiger partial charge is 0.321 e. The van der Waals surface area contributed by atoms with Gasteiger partial charge in [0.1, 0.15) is 21.9 Å². The lowest BCUT2D eigenvalue weighted by Gasteiger charge is -2.27. The van der Waals surface area contributed by atoms with Crippen LogP contribution < -0.4 is 15.5 Å². The van der Waals surface area contributed by atoms with E-state index in [1.165, 1.54) is 34.7 Å². The molecule has 10 heteroatoms. The number of nitrogens with zero attached hydrogens (tertiary/aromatic N) is 4. The molecule has 0 atom stereocenters. The first-order valence-corrected chi connectivity index (χ1v) is 11.3. The van der Waals surface area contributed by atoms with Crippen molar-refractivity contribution in [3.8, 4) is 0 Å². The zero-order chi connectivity index (χ0) is 24.0. The predicted molar refractivity (Wildman–Crippen MR) is 131 cm³/mol. The van der Waals surface area contributed by atoms with E-state index in [0.717, 1.165) is 12.1 Å². The molecule has 0 unspecified atom stereocenters. The van der Waals surface area contributed by atoms with Crippen molar-refractivity contribution in [2.75, 3.05) is 29.6 Å². The van der Waals surface area contributed by atoms with Crippen molar-refractivity contribution >= 4 is 56.4 Å². The lowest BCUT2D eigenvalue weighted by Crippen LogP contribution is -2.35. The van der Waals surface area contributed by atoms with E-state index in [1.807, 2.05) is 38.4 Å². The minimum atomic E-state index is -0.487. The van der Waals surface area contributed by atoms with Gasteiger partial charge in [0, 0.05) is 12.2 Å². The molecule has 172 valence electrons. The van der Waals surface area contributed by atoms with Gasteiger partial charge < -0.3 is 15.5 Å². The van der Waals surface area contributed by atoms with Gasteiger partial charge in [-0.3, -0.25) is 4.79 Å². The topological polar surface area (TPSA) is 90.5 Å². The first-order valence-electron chi connectivity index (χ1n) is 10.5. The van der Waals surface area contributed by atoms with Crippen LogP contribution in [0.4, 0.5) is 32.1 Å². The summed E-state index contributed by atoms with van der Waals surface area (Å²) in [5, 5.41) is 6.27. The first-order chi connectivity index (χ1) is 16.3. The quantitative estimate of drug-likeness (QED) is 0.416. The molecule has 0 saturated heterocycles. The Bertz CT molecular complexity index is 1430. The van der Waals surface area contributed by atoms with E-state index in [4.69, 9.17) is 0 Å². The summed E-state index contributed by atoms with van der Waals surface area (Å²) >= 11 is 1.18. The van der Waals surface area contributed by atoms with Crippen LogP contribution in [0.2, 0.25) is 0 Å². The molecule has 0 radical (unpaired) electrons. The van der Waals surface area contributed by atoms with Gasteiger partial charge in [-0.05, 0) is 62.5 Å². The number of carbonyl (C=O) groups is 2. The van der Waals surface area contributed by atoms with Crippen LogP contribution >= 0.6 is 11.3 Å². The monoisotopic (exact) mass is 476 g/mol. The first kappa shape index (κ1) is 21.9. The average molecular weight is 477 g/mol. The van der Waals surface area contributed by atoms with Gasteiger partial charge in [0.25, 0.3) is 5.91 Å². The van der Waals surface area contributed by atoms with E-state index < -0.39 is 6.03 Å². The van der Waals surface area contributed by atoms with Gasteiger partial charge in [0.15, 0.2) is 5.82 Å². The second-order valence-corrected chi connectivity index (χ2v) is 9.27. The zero-order valence-electron chi connectivity index (χ0n) is 18.7. The summed E-state index contributed by atoms with van der Waals surface area (Å²) in [7, 11) is 3.99. The Labute approximate surface area is 199 Å². The number of urea groups is 1. The summed E-state index contributed by atoms with van der Waals surface area (Å²) in [6.07, 6.45) is 1.35. The predicted octanol–water partition coefficient (Wildman–Crippen LogP) is 5.14. The van der Waals surface area contributed by atoms with Gasteiger partial charge in [-0.1, -0.05) is 12.1 Å². The van der Waals surface area contributed by atoms with Gasteiger partial charge in [0.05, 0.1) is 16.8 Å². The van der Waals surface area contributed by atoms with Crippen LogP contribution in [-0.4, -0.2) is 40.9 Å². The van der Waals surface area contributed by atoms with Gasteiger partial charge in [-0.2, -0.15) is 0 Å². The molecule has 1 aliphatic heterocycles. The van der Waals surface area contributed by atoms with Crippen LogP contribution in [0.15, 0.2) is 48.8 Å². The Hall–Kier alpha value is -3.89. The molecule has 2 aromatic carbocycles. The van der Waals surface area contributed by atoms with Gasteiger partial charge in [-0.15, -0.1) is 11.3 Å². The van der Waals surface area contributed by atoms with Crippen LogP contribution in [0, 0.1) is 12.7 Å². The fraction of sp³-hybridized carbons (Fsp3) is 0.167. The van der Waals surface area contributed by atoms with Crippen molar-refractivity contribution in [2.24, 2.45) is 0 Å². The molecule has 3 heterocycles. The van der Waals surface area contributed by atoms with Crippen LogP contribution in [0.5, 0.6) is 0 Å². The minimum Gasteiger partial charge on any atom is -0.321 e. The zero-order valence-corrected chi connectivity index (χ0v) is 19.5. The highest BCUT2D eigenvalue weighted by molar-refractivity contribution is 7.21. The maximum atomic E-state index is 13.8. The fourth-order valence-electron chi connectivity index (χ4n) is 3.88. The number of aryl methyl sites for hydroxylation is 1. The van der Waals surface area contributed by atoms with Gasteiger partial charge in [0.2, 0.25) is 0 Å². The third-order valence-corrected chi connectivity index (χ3v) is 6.53. The average Bonchev–Trinajstić information content (AvgIpc) is 3.17. The van der Waals surface area contributed by atoms with Crippen LogP contribution in [-0.2, 0) is 6.54 Å². The lowest BCUT2D eigenvalue weighted by molar-refractivity contribution is 0.103. The standard InChI is InChI=1S/C24H21FN6O2S/c1-13-10-16(8-9-17(13)25)31-21-18-19(29-24(31)33)20(34-23(18)27-12-26-21)22(32)28-15-6-4-14(5-7-15)11-30(2)3/h4-10,12H,11H2,1-3H3,(H,28,32)(H,29,33). The molecule has 2 N–H and O–H groups in total. The molecule has 0 aliphatic carbocycles. The molecule has 34 heavy (non-hydrogen) atoms. The molecular weight excluding hydrogens is 455 g/mol. The summed E-state index contributed by atoms with van der Waals surface area (Å²) in [5.41, 5.74) is 3.02. The summed E-state index contributed by atoms with van der Waals surface area (Å²) in [4.78, 5) is 39.2. The molecule has 1 aliphatic rings. The van der Waals surface area contributed by atoms with E-state index in [1.54, 1.807) is 13.0 Å². The molecule has 0 bridgehead atoms. The maximum absolute atomic E-state index is 13.8. The normalized spacial score (nSPS) is 12.9. The minimum absolute atomic E-state index is 0.331. The van der Waals surface area contributed by atoms with Crippen molar-refractivity contribution in [1.82, 2.24) is 14.9 Å². The largest absolute Gasteiger partial charge is 0.332 e. The number of hydrogen-bond acceptors (Lipinski definition) is 6. The van der Waals surface area contributed by atoms with Crippen molar-refractivity contribution in [1.29, 1.82) is 0 Å². The number of rotatable bonds is 5. The summed E-state index contributed by atoms with van der Waals surface area (Å²) in [5.74, 6) is -0.368. The summed E-state index contributed by atoms with van der Waals surface area (Å²) in [6, 6.07) is 11.5. The second-order valence-electron chi connectivity index (χ2n) is 8.27. The van der Waals surface area contributed by atoms with Crippen LogP contribution in [0.1, 0.15) is 20.8 Å². The Morgan fingerprint density at radius 1 is 1.18 bits per heavy atom. The third-order valence-electron chi connectivity index (χ3n) is 5.43. The molecule has 0 saturated carbocycles. The van der Waals surface area contributed by atoms with E-state index >= 15 is 0 Å². The highest BCUT2D eigenvalue weighted by atomic mass is 32.1. The SMILES string of the molecule is Cc1cc(N2C(=O)Nc3c(C(=O)Nc4ccc(CN(C)C)cc4)sc4ncnc2c34)ccc1F. The van der Waals surface area contributed by atoms with Gasteiger partial charge in [-0.25, -0.2) is 24.1 Å². The highest BCUT2D eigenvalue weighted by Gasteiger charge is 2.34. The van der Waals surface area contributed by atoms with Crippen LogP contribution in [0.3, 0.4) is 0 Å². The number of carbonyl (C=O) groups excluding carboxylic acids is 2. The molecule has 0 spiro atoms. The number of halogens is 1. The number of anilines is 4. The number of hydrogen-bond donors (Lipinski definition) is 2. The molecule has 2 aromatic heterocycles. The highest BCUT2D eigenvalue weighted by Crippen LogP contribution is 2.44. The molecule has 5 rings (SSSR count). The Balaban J connectivity index is 1.50. The van der Waals surface area contributed by atoms with Crippen molar-refractivity contribution in [2.45, 2.75) is 13.5 Å². The number of amides is 3. The third kappa shape index (κ3) is 3.87. The number of aromatic nitrogens is 2. The van der Waals surface area contributed by atoms with E-state index in [0.29, 0.717) is 43.5 Å². The number of thiophene rings is 1.